The van der Waals surface area contributed by atoms with E-state index < -0.39 is 28.4 Å². The van der Waals surface area contributed by atoms with Crippen molar-refractivity contribution < 1.29 is 22.7 Å². The second kappa shape index (κ2) is 6.36. The lowest BCUT2D eigenvalue weighted by Crippen LogP contribution is -2.35. The van der Waals surface area contributed by atoms with Crippen LogP contribution in [-0.2, 0) is 19.6 Å². The Labute approximate surface area is 159 Å². The molecular formula is C18H14N2O5S2. The Kier molecular flexibility index (Phi) is 4.12. The van der Waals surface area contributed by atoms with Gasteiger partial charge in [0.15, 0.2) is 0 Å². The first-order valence-corrected chi connectivity index (χ1v) is 10.3. The van der Waals surface area contributed by atoms with Gasteiger partial charge in [-0.15, -0.1) is 11.3 Å². The summed E-state index contributed by atoms with van der Waals surface area (Å²) in [7, 11) is -2.57. The SMILES string of the molecule is COC(=O)c1sccc1NC(=O)CN1c2cccc3cccc(c23)S1(=O)=O. The van der Waals surface area contributed by atoms with E-state index in [1.807, 2.05) is 12.1 Å². The summed E-state index contributed by atoms with van der Waals surface area (Å²) in [6.07, 6.45) is 0. The van der Waals surface area contributed by atoms with Crippen LogP contribution in [0.15, 0.2) is 52.7 Å². The standard InChI is InChI=1S/C18H14N2O5S2/c1-25-18(22)17-12(8-9-26-17)19-15(21)10-20-13-6-2-4-11-5-3-7-14(16(11)13)27(20,23)24/h2-9H,10H2,1H3,(H,19,21). The molecule has 0 radical (unpaired) electrons. The van der Waals surface area contributed by atoms with Crippen LogP contribution in [0.4, 0.5) is 11.4 Å². The van der Waals surface area contributed by atoms with Gasteiger partial charge in [0.05, 0.1) is 23.4 Å². The van der Waals surface area contributed by atoms with Crippen LogP contribution in [0.2, 0.25) is 0 Å². The molecule has 0 saturated carbocycles. The molecule has 0 spiro atoms. The summed E-state index contributed by atoms with van der Waals surface area (Å²) in [5, 5.41) is 5.64. The summed E-state index contributed by atoms with van der Waals surface area (Å²) in [5.41, 5.74) is 0.765. The number of rotatable bonds is 4. The number of ether oxygens (including phenoxy) is 1. The first kappa shape index (κ1) is 17.5. The number of esters is 1. The minimum Gasteiger partial charge on any atom is -0.465 e. The van der Waals surface area contributed by atoms with E-state index in [9.17, 15) is 18.0 Å². The average Bonchev–Trinajstić information content (AvgIpc) is 3.19. The number of hydrogen-bond acceptors (Lipinski definition) is 6. The summed E-state index contributed by atoms with van der Waals surface area (Å²) < 4.78 is 31.6. The van der Waals surface area contributed by atoms with E-state index in [4.69, 9.17) is 0 Å². The lowest BCUT2D eigenvalue weighted by Gasteiger charge is -2.18. The zero-order valence-electron chi connectivity index (χ0n) is 14.1. The van der Waals surface area contributed by atoms with Gasteiger partial charge in [-0.1, -0.05) is 24.3 Å². The number of thiophene rings is 1. The Balaban J connectivity index is 1.64. The van der Waals surface area contributed by atoms with E-state index in [0.29, 0.717) is 16.8 Å². The Hall–Kier alpha value is -2.91. The molecule has 1 aromatic heterocycles. The average molecular weight is 402 g/mol. The van der Waals surface area contributed by atoms with Gasteiger partial charge in [0, 0.05) is 5.39 Å². The smallest absolute Gasteiger partial charge is 0.350 e. The number of hydrogen-bond donors (Lipinski definition) is 1. The first-order valence-electron chi connectivity index (χ1n) is 7.93. The van der Waals surface area contributed by atoms with Crippen LogP contribution in [-0.4, -0.2) is 33.9 Å². The molecule has 0 bridgehead atoms. The van der Waals surface area contributed by atoms with Crippen molar-refractivity contribution in [1.82, 2.24) is 0 Å². The van der Waals surface area contributed by atoms with Crippen LogP contribution in [0.5, 0.6) is 0 Å². The predicted molar refractivity (Wildman–Crippen MR) is 103 cm³/mol. The number of benzene rings is 2. The third-order valence-electron chi connectivity index (χ3n) is 4.28. The number of anilines is 2. The van der Waals surface area contributed by atoms with E-state index in [2.05, 4.69) is 10.1 Å². The lowest BCUT2D eigenvalue weighted by molar-refractivity contribution is -0.114. The summed E-state index contributed by atoms with van der Waals surface area (Å²) >= 11 is 1.13. The molecular weight excluding hydrogens is 388 g/mol. The molecule has 0 atom stereocenters. The summed E-state index contributed by atoms with van der Waals surface area (Å²) in [5.74, 6) is -1.11. The summed E-state index contributed by atoms with van der Waals surface area (Å²) in [6.45, 7) is -0.396. The van der Waals surface area contributed by atoms with Crippen LogP contribution >= 0.6 is 11.3 Å². The van der Waals surface area contributed by atoms with Gasteiger partial charge in [0.25, 0.3) is 10.0 Å². The zero-order chi connectivity index (χ0) is 19.2. The molecule has 1 amide bonds. The number of carbonyl (C=O) groups excluding carboxylic acids is 2. The number of methoxy groups -OCH3 is 1. The maximum Gasteiger partial charge on any atom is 0.350 e. The fourth-order valence-electron chi connectivity index (χ4n) is 3.11. The van der Waals surface area contributed by atoms with Crippen LogP contribution in [0, 0.1) is 0 Å². The Bertz CT molecular complexity index is 1180. The molecule has 0 saturated heterocycles. The highest BCUT2D eigenvalue weighted by molar-refractivity contribution is 7.93. The van der Waals surface area contributed by atoms with Gasteiger partial charge in [0.1, 0.15) is 11.4 Å². The van der Waals surface area contributed by atoms with Gasteiger partial charge < -0.3 is 10.1 Å². The maximum absolute atomic E-state index is 12.9. The van der Waals surface area contributed by atoms with Crippen molar-refractivity contribution in [3.63, 3.8) is 0 Å². The third kappa shape index (κ3) is 2.75. The molecule has 138 valence electrons. The number of nitrogens with zero attached hydrogens (tertiary/aromatic N) is 1. The molecule has 2 heterocycles. The Morgan fingerprint density at radius 2 is 1.89 bits per heavy atom. The van der Waals surface area contributed by atoms with Crippen molar-refractivity contribution in [3.8, 4) is 0 Å². The number of sulfonamides is 1. The maximum atomic E-state index is 12.9. The largest absolute Gasteiger partial charge is 0.465 e. The molecule has 4 rings (SSSR count). The monoisotopic (exact) mass is 402 g/mol. The minimum absolute atomic E-state index is 0.189. The van der Waals surface area contributed by atoms with Gasteiger partial charge in [-0.05, 0) is 29.0 Å². The molecule has 0 unspecified atom stereocenters. The topological polar surface area (TPSA) is 92.8 Å². The van der Waals surface area contributed by atoms with E-state index in [-0.39, 0.29) is 9.77 Å². The second-order valence-corrected chi connectivity index (χ2v) is 8.59. The van der Waals surface area contributed by atoms with E-state index >= 15 is 0 Å². The van der Waals surface area contributed by atoms with Crippen molar-refractivity contribution in [1.29, 1.82) is 0 Å². The van der Waals surface area contributed by atoms with Gasteiger partial charge in [-0.25, -0.2) is 13.2 Å². The normalized spacial score (nSPS) is 14.3. The molecule has 0 aliphatic carbocycles. The number of amides is 1. The third-order valence-corrected chi connectivity index (χ3v) is 6.98. The van der Waals surface area contributed by atoms with Crippen molar-refractivity contribution >= 4 is 55.4 Å². The highest BCUT2D eigenvalue weighted by atomic mass is 32.2. The molecule has 1 N–H and O–H groups in total. The molecule has 9 heteroatoms. The molecule has 2 aromatic carbocycles. The van der Waals surface area contributed by atoms with Crippen LogP contribution in [0.1, 0.15) is 9.67 Å². The number of carbonyl (C=O) groups is 2. The quantitative estimate of drug-likeness (QED) is 0.678. The van der Waals surface area contributed by atoms with Crippen molar-refractivity contribution in [2.45, 2.75) is 4.90 Å². The van der Waals surface area contributed by atoms with Crippen molar-refractivity contribution in [3.05, 3.63) is 52.7 Å². The lowest BCUT2D eigenvalue weighted by atomic mass is 10.1. The molecule has 1 aliphatic heterocycles. The predicted octanol–water partition coefficient (Wildman–Crippen LogP) is 2.84. The van der Waals surface area contributed by atoms with E-state index in [0.717, 1.165) is 21.0 Å². The highest BCUT2D eigenvalue weighted by Gasteiger charge is 2.36. The molecule has 27 heavy (non-hydrogen) atoms. The number of nitrogens with one attached hydrogen (secondary N) is 1. The van der Waals surface area contributed by atoms with Gasteiger partial charge in [0.2, 0.25) is 5.91 Å². The second-order valence-electron chi connectivity index (χ2n) is 5.85. The molecule has 1 aliphatic rings. The minimum atomic E-state index is -3.82. The summed E-state index contributed by atoms with van der Waals surface area (Å²) in [4.78, 5) is 24.7. The molecule has 3 aromatic rings. The van der Waals surface area contributed by atoms with E-state index in [1.54, 1.807) is 29.6 Å². The zero-order valence-corrected chi connectivity index (χ0v) is 15.8. The van der Waals surface area contributed by atoms with Gasteiger partial charge >= 0.3 is 5.97 Å². The first-order chi connectivity index (χ1) is 12.9. The van der Waals surface area contributed by atoms with E-state index in [1.165, 1.54) is 13.2 Å². The van der Waals surface area contributed by atoms with Crippen LogP contribution < -0.4 is 9.62 Å². The highest BCUT2D eigenvalue weighted by Crippen LogP contribution is 2.41. The molecule has 0 fully saturated rings. The summed E-state index contributed by atoms with van der Waals surface area (Å²) in [6, 6.07) is 11.9. The van der Waals surface area contributed by atoms with Crippen molar-refractivity contribution in [2.75, 3.05) is 23.3 Å². The Morgan fingerprint density at radius 1 is 1.15 bits per heavy atom. The Morgan fingerprint density at radius 3 is 2.63 bits per heavy atom. The van der Waals surface area contributed by atoms with Crippen LogP contribution in [0.25, 0.3) is 10.8 Å². The van der Waals surface area contributed by atoms with Crippen molar-refractivity contribution in [2.24, 2.45) is 0 Å². The fourth-order valence-corrected chi connectivity index (χ4v) is 5.54. The fraction of sp³-hybridized carbons (Fsp3) is 0.111. The molecule has 7 nitrogen and oxygen atoms in total. The van der Waals surface area contributed by atoms with Crippen LogP contribution in [0.3, 0.4) is 0 Å². The van der Waals surface area contributed by atoms with Gasteiger partial charge in [-0.2, -0.15) is 0 Å². The van der Waals surface area contributed by atoms with Gasteiger partial charge in [-0.3, -0.25) is 9.10 Å².